The van der Waals surface area contributed by atoms with Crippen LogP contribution in [0.2, 0.25) is 16.6 Å². The topological polar surface area (TPSA) is 102 Å². The van der Waals surface area contributed by atoms with Gasteiger partial charge in [0.25, 0.3) is 0 Å². The summed E-state index contributed by atoms with van der Waals surface area (Å²) >= 11 is 0. The molecule has 2 aromatic carbocycles. The van der Waals surface area contributed by atoms with E-state index in [0.29, 0.717) is 70.5 Å². The predicted molar refractivity (Wildman–Crippen MR) is 218 cm³/mol. The molecule has 306 valence electrons. The Kier molecular flexibility index (Phi) is 12.1. The van der Waals surface area contributed by atoms with Gasteiger partial charge in [0.2, 0.25) is 0 Å². The molecule has 0 saturated carbocycles. The van der Waals surface area contributed by atoms with Crippen molar-refractivity contribution in [2.45, 2.75) is 95.2 Å². The van der Waals surface area contributed by atoms with Crippen LogP contribution in [0.3, 0.4) is 0 Å². The molecule has 0 radical (unpaired) electrons. The number of rotatable bonds is 11. The van der Waals surface area contributed by atoms with Gasteiger partial charge in [-0.3, -0.25) is 9.88 Å². The van der Waals surface area contributed by atoms with Gasteiger partial charge in [0, 0.05) is 50.3 Å². The second-order valence-electron chi connectivity index (χ2n) is 16.7. The molecule has 4 aromatic rings. The van der Waals surface area contributed by atoms with Crippen molar-refractivity contribution in [2.24, 2.45) is 0 Å². The van der Waals surface area contributed by atoms with Crippen LogP contribution in [0, 0.1) is 23.1 Å². The van der Waals surface area contributed by atoms with Crippen molar-refractivity contribution in [3.63, 3.8) is 0 Å². The Morgan fingerprint density at radius 3 is 2.54 bits per heavy atom. The molecule has 0 bridgehead atoms. The van der Waals surface area contributed by atoms with Crippen LogP contribution in [0.5, 0.6) is 11.8 Å². The molecule has 2 aromatic heterocycles. The average Bonchev–Trinajstić information content (AvgIpc) is 3.60. The monoisotopic (exact) mass is 805 g/mol. The highest BCUT2D eigenvalue weighted by atomic mass is 28.3. The highest BCUT2D eigenvalue weighted by molar-refractivity contribution is 6.90. The first-order valence-corrected chi connectivity index (χ1v) is 22.3. The molecule has 1 N–H and O–H groups in total. The molecule has 1 unspecified atom stereocenters. The summed E-state index contributed by atoms with van der Waals surface area (Å²) in [5, 5.41) is 12.0. The molecule has 14 heteroatoms. The Labute approximate surface area is 334 Å². The van der Waals surface area contributed by atoms with Gasteiger partial charge in [-0.2, -0.15) is 9.97 Å². The highest BCUT2D eigenvalue weighted by Crippen LogP contribution is 2.43. The third kappa shape index (κ3) is 7.81. The Bertz CT molecular complexity index is 2160. The number of pyridine rings is 1. The molecule has 3 atom stereocenters. The van der Waals surface area contributed by atoms with E-state index in [1.54, 1.807) is 18.2 Å². The first kappa shape index (κ1) is 41.2. The van der Waals surface area contributed by atoms with E-state index in [0.717, 1.165) is 19.4 Å². The number of fused-ring (bicyclic) bond motifs is 3. The first-order valence-electron chi connectivity index (χ1n) is 20.1. The lowest BCUT2D eigenvalue weighted by Gasteiger charge is -2.38. The van der Waals surface area contributed by atoms with Crippen LogP contribution in [-0.2, 0) is 9.47 Å². The number of hydrogen-bond acceptors (Lipinski definition) is 10. The predicted octanol–water partition coefficient (Wildman–Crippen LogP) is 7.83. The Hall–Kier alpha value is -4.00. The Morgan fingerprint density at radius 1 is 1.04 bits per heavy atom. The molecule has 5 heterocycles. The van der Waals surface area contributed by atoms with Gasteiger partial charge in [-0.25, -0.2) is 13.2 Å². The van der Waals surface area contributed by atoms with Gasteiger partial charge in [-0.15, -0.1) is 5.54 Å². The van der Waals surface area contributed by atoms with Gasteiger partial charge >= 0.3 is 6.01 Å². The smallest absolute Gasteiger partial charge is 0.319 e. The van der Waals surface area contributed by atoms with Crippen LogP contribution in [0.1, 0.15) is 66.4 Å². The quantitative estimate of drug-likeness (QED) is 0.0918. The van der Waals surface area contributed by atoms with Crippen molar-refractivity contribution in [2.75, 3.05) is 64.8 Å². The first-order chi connectivity index (χ1) is 27.3. The standard InChI is InChI=1S/C43H54F3N5O5Si/c1-26(2)57(27(3)4,28(5)6)16-11-33-36(45)10-9-29-17-32(56-25-53-7)18-34(37(29)33)39-38(46)40-35(20-47-39)41(50-14-15-54-23-31(52)22-50)49-42(48-40)55-24-43-12-8-13-51(43)21-30(44)19-43/h9-10,17-18,20,26-28,30-31,52H,8,12-15,19,21-25H2,1-7H3/t30-,31?,43+/m1/s1. The maximum absolute atomic E-state index is 17.5. The summed E-state index contributed by atoms with van der Waals surface area (Å²) in [6.45, 7) is 15.4. The minimum absolute atomic E-state index is 0.0670. The van der Waals surface area contributed by atoms with Crippen molar-refractivity contribution >= 4 is 35.6 Å². The Balaban J connectivity index is 1.43. The lowest BCUT2D eigenvalue weighted by molar-refractivity contribution is 0.0512. The molecule has 10 nitrogen and oxygen atoms in total. The molecule has 3 saturated heterocycles. The number of ether oxygens (including phenoxy) is 4. The fraction of sp³-hybridized carbons (Fsp3) is 0.558. The number of β-amino-alcohol motifs (C(OH)–C–C–N with tert-alkyl or cyclic N) is 1. The van der Waals surface area contributed by atoms with Crippen LogP contribution in [-0.4, -0.2) is 111 Å². The molecular formula is C43H54F3N5O5Si. The van der Waals surface area contributed by atoms with Crippen LogP contribution in [0.25, 0.3) is 32.9 Å². The molecule has 3 fully saturated rings. The fourth-order valence-corrected chi connectivity index (χ4v) is 14.9. The van der Waals surface area contributed by atoms with Gasteiger partial charge in [0.05, 0.1) is 35.8 Å². The summed E-state index contributed by atoms with van der Waals surface area (Å²) in [6.07, 6.45) is 1.78. The minimum Gasteiger partial charge on any atom is -0.468 e. The number of aliphatic hydroxyl groups excluding tert-OH is 1. The summed E-state index contributed by atoms with van der Waals surface area (Å²) in [5.74, 6) is 2.71. The molecule has 3 aliphatic rings. The number of alkyl halides is 1. The number of anilines is 1. The van der Waals surface area contributed by atoms with E-state index in [2.05, 4.69) is 67.9 Å². The number of hydrogen-bond donors (Lipinski definition) is 1. The lowest BCUT2D eigenvalue weighted by atomic mass is 9.95. The SMILES string of the molecule is COCOc1cc(-c2ncc3c(N4CCOCC(O)C4)nc(OC[C@@]45CCCN4C[C@H](F)C5)nc3c2F)c2c(C#C[Si](C(C)C)(C(C)C)C(C)C)c(F)ccc2c1. The lowest BCUT2D eigenvalue weighted by Crippen LogP contribution is -2.43. The molecular weight excluding hydrogens is 752 g/mol. The van der Waals surface area contributed by atoms with Crippen LogP contribution < -0.4 is 14.4 Å². The van der Waals surface area contributed by atoms with Crippen molar-refractivity contribution in [1.82, 2.24) is 19.9 Å². The zero-order valence-electron chi connectivity index (χ0n) is 34.0. The second kappa shape index (κ2) is 16.7. The van der Waals surface area contributed by atoms with E-state index in [4.69, 9.17) is 23.9 Å². The largest absolute Gasteiger partial charge is 0.468 e. The molecule has 0 amide bonds. The van der Waals surface area contributed by atoms with E-state index >= 15 is 8.78 Å². The molecule has 0 spiro atoms. The molecule has 7 rings (SSSR count). The third-order valence-corrected chi connectivity index (χ3v) is 18.6. The maximum Gasteiger partial charge on any atom is 0.319 e. The maximum atomic E-state index is 17.5. The number of aromatic nitrogens is 3. The molecule has 3 aliphatic heterocycles. The van der Waals surface area contributed by atoms with Crippen molar-refractivity contribution < 1.29 is 37.2 Å². The third-order valence-electron chi connectivity index (χ3n) is 12.3. The van der Waals surface area contributed by atoms with E-state index in [9.17, 15) is 9.50 Å². The average molecular weight is 806 g/mol. The van der Waals surface area contributed by atoms with Crippen molar-refractivity contribution in [3.05, 3.63) is 47.7 Å². The summed E-state index contributed by atoms with van der Waals surface area (Å²) < 4.78 is 71.4. The summed E-state index contributed by atoms with van der Waals surface area (Å²) in [6, 6.07) is 6.33. The second-order valence-corrected chi connectivity index (χ2v) is 22.3. The van der Waals surface area contributed by atoms with Gasteiger partial charge in [-0.1, -0.05) is 53.5 Å². The summed E-state index contributed by atoms with van der Waals surface area (Å²) in [7, 11) is -0.803. The van der Waals surface area contributed by atoms with E-state index in [1.165, 1.54) is 19.4 Å². The number of halogens is 3. The van der Waals surface area contributed by atoms with Gasteiger partial charge in [0.1, 0.15) is 49.4 Å². The van der Waals surface area contributed by atoms with Crippen LogP contribution in [0.15, 0.2) is 30.5 Å². The number of aliphatic hydroxyl groups is 1. The summed E-state index contributed by atoms with van der Waals surface area (Å²) in [5.41, 5.74) is 4.36. The molecule has 0 aliphatic carbocycles. The number of methoxy groups -OCH3 is 1. The van der Waals surface area contributed by atoms with Crippen molar-refractivity contribution in [3.8, 4) is 34.5 Å². The van der Waals surface area contributed by atoms with Crippen LogP contribution in [0.4, 0.5) is 19.0 Å². The van der Waals surface area contributed by atoms with Crippen molar-refractivity contribution in [1.29, 1.82) is 0 Å². The zero-order chi connectivity index (χ0) is 40.6. The molecule has 57 heavy (non-hydrogen) atoms. The van der Waals surface area contributed by atoms with E-state index in [1.807, 2.05) is 4.90 Å². The Morgan fingerprint density at radius 2 is 1.81 bits per heavy atom. The van der Waals surface area contributed by atoms with E-state index in [-0.39, 0.29) is 54.9 Å². The van der Waals surface area contributed by atoms with Gasteiger partial charge in [-0.05, 0) is 59.6 Å². The minimum atomic E-state index is -2.31. The number of benzene rings is 2. The van der Waals surface area contributed by atoms with Gasteiger partial charge in [0.15, 0.2) is 12.6 Å². The normalized spacial score (nSPS) is 21.8. The fourth-order valence-electron chi connectivity index (χ4n) is 9.68. The summed E-state index contributed by atoms with van der Waals surface area (Å²) in [4.78, 5) is 18.0. The number of nitrogens with zero attached hydrogens (tertiary/aromatic N) is 5. The van der Waals surface area contributed by atoms with Gasteiger partial charge < -0.3 is 29.0 Å². The van der Waals surface area contributed by atoms with E-state index < -0.39 is 37.5 Å². The van der Waals surface area contributed by atoms with Crippen LogP contribution >= 0.6 is 0 Å². The zero-order valence-corrected chi connectivity index (χ0v) is 35.0. The highest BCUT2D eigenvalue weighted by Gasteiger charge is 2.49.